The first-order valence-electron chi connectivity index (χ1n) is 6.16. The Kier molecular flexibility index (Phi) is 4.36. The monoisotopic (exact) mass is 299 g/mol. The summed E-state index contributed by atoms with van der Waals surface area (Å²) in [4.78, 5) is 1.15. The standard InChI is InChI=1S/C14H18ClNO2S/c1-9-4-6-12(18-9)14(3,17)8-16-10(2)11-5-7-13(15)19-11/h4-7,10,16-17H,8H2,1-3H3. The summed E-state index contributed by atoms with van der Waals surface area (Å²) in [7, 11) is 0. The summed E-state index contributed by atoms with van der Waals surface area (Å²) in [6.07, 6.45) is 0. The van der Waals surface area contributed by atoms with Crippen LogP contribution in [0.2, 0.25) is 4.34 Å². The number of aryl methyl sites for hydroxylation is 1. The van der Waals surface area contributed by atoms with Gasteiger partial charge in [0.05, 0.1) is 4.34 Å². The van der Waals surface area contributed by atoms with Crippen LogP contribution in [-0.4, -0.2) is 11.7 Å². The van der Waals surface area contributed by atoms with Gasteiger partial charge in [-0.3, -0.25) is 0 Å². The Morgan fingerprint density at radius 3 is 2.68 bits per heavy atom. The van der Waals surface area contributed by atoms with Gasteiger partial charge >= 0.3 is 0 Å². The third-order valence-electron chi connectivity index (χ3n) is 3.04. The van der Waals surface area contributed by atoms with Gasteiger partial charge in [-0.15, -0.1) is 11.3 Å². The average molecular weight is 300 g/mol. The summed E-state index contributed by atoms with van der Waals surface area (Å²) in [5.74, 6) is 1.38. The molecule has 0 saturated heterocycles. The molecular weight excluding hydrogens is 282 g/mol. The first kappa shape index (κ1) is 14.6. The second-order valence-corrected chi connectivity index (χ2v) is 6.68. The SMILES string of the molecule is Cc1ccc(C(C)(O)CNC(C)c2ccc(Cl)s2)o1. The maximum Gasteiger partial charge on any atom is 0.136 e. The van der Waals surface area contributed by atoms with Crippen molar-refractivity contribution in [2.45, 2.75) is 32.4 Å². The highest BCUT2D eigenvalue weighted by molar-refractivity contribution is 7.16. The summed E-state index contributed by atoms with van der Waals surface area (Å²) < 4.78 is 6.26. The van der Waals surface area contributed by atoms with Crippen LogP contribution in [0.3, 0.4) is 0 Å². The van der Waals surface area contributed by atoms with Crippen molar-refractivity contribution in [3.63, 3.8) is 0 Å². The van der Waals surface area contributed by atoms with Gasteiger partial charge < -0.3 is 14.8 Å². The molecule has 0 radical (unpaired) electrons. The minimum atomic E-state index is -1.02. The Balaban J connectivity index is 1.97. The second-order valence-electron chi connectivity index (χ2n) is 4.93. The molecule has 0 saturated carbocycles. The van der Waals surface area contributed by atoms with E-state index in [4.69, 9.17) is 16.0 Å². The zero-order chi connectivity index (χ0) is 14.0. The fourth-order valence-electron chi connectivity index (χ4n) is 1.82. The van der Waals surface area contributed by atoms with Crippen LogP contribution in [0.15, 0.2) is 28.7 Å². The number of hydrogen-bond acceptors (Lipinski definition) is 4. The van der Waals surface area contributed by atoms with E-state index in [9.17, 15) is 5.11 Å². The summed E-state index contributed by atoms with van der Waals surface area (Å²) in [5.41, 5.74) is -1.02. The van der Waals surface area contributed by atoms with Gasteiger partial charge in [-0.2, -0.15) is 0 Å². The Morgan fingerprint density at radius 2 is 2.16 bits per heavy atom. The molecule has 0 aliphatic carbocycles. The summed E-state index contributed by atoms with van der Waals surface area (Å²) >= 11 is 7.46. The zero-order valence-corrected chi connectivity index (χ0v) is 12.8. The topological polar surface area (TPSA) is 45.4 Å². The number of halogens is 1. The van der Waals surface area contributed by atoms with E-state index in [0.29, 0.717) is 12.3 Å². The van der Waals surface area contributed by atoms with Gasteiger partial charge in [0.1, 0.15) is 17.1 Å². The number of nitrogens with one attached hydrogen (secondary N) is 1. The molecule has 5 heteroatoms. The Labute approximate surface area is 122 Å². The maximum absolute atomic E-state index is 10.4. The molecule has 2 aromatic rings. The molecule has 2 heterocycles. The van der Waals surface area contributed by atoms with Gasteiger partial charge in [-0.05, 0) is 45.0 Å². The zero-order valence-electron chi connectivity index (χ0n) is 11.2. The van der Waals surface area contributed by atoms with Gasteiger partial charge in [-0.1, -0.05) is 11.6 Å². The molecule has 0 aromatic carbocycles. The molecule has 104 valence electrons. The van der Waals surface area contributed by atoms with E-state index < -0.39 is 5.60 Å². The highest BCUT2D eigenvalue weighted by Crippen LogP contribution is 2.28. The lowest BCUT2D eigenvalue weighted by atomic mass is 10.0. The van der Waals surface area contributed by atoms with E-state index in [1.54, 1.807) is 18.3 Å². The molecule has 2 N–H and O–H groups in total. The molecule has 2 unspecified atom stereocenters. The Bertz CT molecular complexity index is 547. The fraction of sp³-hybridized carbons (Fsp3) is 0.429. The van der Waals surface area contributed by atoms with Crippen molar-refractivity contribution in [1.29, 1.82) is 0 Å². The van der Waals surface area contributed by atoms with Crippen molar-refractivity contribution < 1.29 is 9.52 Å². The van der Waals surface area contributed by atoms with Gasteiger partial charge in [0.15, 0.2) is 0 Å². The molecular formula is C14H18ClNO2S. The minimum Gasteiger partial charge on any atom is -0.463 e. The van der Waals surface area contributed by atoms with Crippen molar-refractivity contribution in [3.05, 3.63) is 45.0 Å². The maximum atomic E-state index is 10.4. The number of thiophene rings is 1. The Hall–Kier alpha value is -0.810. The van der Waals surface area contributed by atoms with Crippen molar-refractivity contribution >= 4 is 22.9 Å². The largest absolute Gasteiger partial charge is 0.463 e. The molecule has 0 fully saturated rings. The van der Waals surface area contributed by atoms with Crippen molar-refractivity contribution in [2.75, 3.05) is 6.54 Å². The molecule has 0 bridgehead atoms. The number of rotatable bonds is 5. The van der Waals surface area contributed by atoms with E-state index in [2.05, 4.69) is 5.32 Å². The van der Waals surface area contributed by atoms with E-state index >= 15 is 0 Å². The average Bonchev–Trinajstić information content (AvgIpc) is 2.95. The predicted molar refractivity (Wildman–Crippen MR) is 78.8 cm³/mol. The highest BCUT2D eigenvalue weighted by Gasteiger charge is 2.27. The Morgan fingerprint density at radius 1 is 1.42 bits per heavy atom. The van der Waals surface area contributed by atoms with Crippen LogP contribution in [0, 0.1) is 6.92 Å². The number of furan rings is 1. The van der Waals surface area contributed by atoms with Crippen LogP contribution < -0.4 is 5.32 Å². The third-order valence-corrected chi connectivity index (χ3v) is 4.46. The van der Waals surface area contributed by atoms with Gasteiger partial charge in [0.25, 0.3) is 0 Å². The quantitative estimate of drug-likeness (QED) is 0.881. The molecule has 0 amide bonds. The molecule has 2 atom stereocenters. The van der Waals surface area contributed by atoms with Crippen molar-refractivity contribution in [2.24, 2.45) is 0 Å². The normalized spacial score (nSPS) is 16.3. The predicted octanol–water partition coefficient (Wildman–Crippen LogP) is 3.86. The van der Waals surface area contributed by atoms with Crippen LogP contribution in [0.1, 0.15) is 36.3 Å². The van der Waals surface area contributed by atoms with Gasteiger partial charge in [0, 0.05) is 17.5 Å². The van der Waals surface area contributed by atoms with E-state index in [1.165, 1.54) is 0 Å². The molecule has 3 nitrogen and oxygen atoms in total. The van der Waals surface area contributed by atoms with Crippen molar-refractivity contribution in [1.82, 2.24) is 5.32 Å². The smallest absolute Gasteiger partial charge is 0.136 e. The van der Waals surface area contributed by atoms with Crippen LogP contribution in [0.4, 0.5) is 0 Å². The second kappa shape index (κ2) is 5.67. The summed E-state index contributed by atoms with van der Waals surface area (Å²) in [6, 6.07) is 7.68. The lowest BCUT2D eigenvalue weighted by molar-refractivity contribution is 0.0314. The third kappa shape index (κ3) is 3.60. The summed E-state index contributed by atoms with van der Waals surface area (Å²) in [6.45, 7) is 6.07. The number of aliphatic hydroxyl groups is 1. The van der Waals surface area contributed by atoms with E-state index in [-0.39, 0.29) is 6.04 Å². The molecule has 0 aliphatic heterocycles. The number of hydrogen-bond donors (Lipinski definition) is 2. The molecule has 0 aliphatic rings. The first-order chi connectivity index (χ1) is 8.88. The first-order valence-corrected chi connectivity index (χ1v) is 7.36. The van der Waals surface area contributed by atoms with Gasteiger partial charge in [0.2, 0.25) is 0 Å². The molecule has 0 spiro atoms. The lowest BCUT2D eigenvalue weighted by Crippen LogP contribution is -2.36. The van der Waals surface area contributed by atoms with Crippen LogP contribution in [0.25, 0.3) is 0 Å². The fourth-order valence-corrected chi connectivity index (χ4v) is 2.91. The molecule has 19 heavy (non-hydrogen) atoms. The van der Waals surface area contributed by atoms with Crippen LogP contribution >= 0.6 is 22.9 Å². The molecule has 2 rings (SSSR count). The minimum absolute atomic E-state index is 0.139. The summed E-state index contributed by atoms with van der Waals surface area (Å²) in [5, 5.41) is 13.7. The van der Waals surface area contributed by atoms with Crippen molar-refractivity contribution in [3.8, 4) is 0 Å². The van der Waals surface area contributed by atoms with E-state index in [0.717, 1.165) is 15.0 Å². The van der Waals surface area contributed by atoms with Crippen LogP contribution in [-0.2, 0) is 5.60 Å². The van der Waals surface area contributed by atoms with E-state index in [1.807, 2.05) is 38.1 Å². The highest BCUT2D eigenvalue weighted by atomic mass is 35.5. The van der Waals surface area contributed by atoms with Crippen LogP contribution in [0.5, 0.6) is 0 Å². The van der Waals surface area contributed by atoms with Gasteiger partial charge in [-0.25, -0.2) is 0 Å². The lowest BCUT2D eigenvalue weighted by Gasteiger charge is -2.23. The molecule has 2 aromatic heterocycles.